The monoisotopic (exact) mass is 231 g/mol. The first-order chi connectivity index (χ1) is 4.00. The maximum atomic E-state index is 8.74. The molecule has 9 N–H and O–H groups in total. The van der Waals surface area contributed by atoms with E-state index in [0.29, 0.717) is 0 Å². The molecule has 12 heavy (non-hydrogen) atoms. The third-order valence-electron chi connectivity index (χ3n) is 0. The van der Waals surface area contributed by atoms with Crippen molar-refractivity contribution in [2.75, 3.05) is 0 Å². The molecule has 0 saturated carbocycles. The summed E-state index contributed by atoms with van der Waals surface area (Å²) in [4.78, 5) is 0. The number of rotatable bonds is 0. The van der Waals surface area contributed by atoms with E-state index in [4.69, 9.17) is 35.0 Å². The fourth-order valence-corrected chi connectivity index (χ4v) is 0. The van der Waals surface area contributed by atoms with Gasteiger partial charge in [-0.1, -0.05) is 0 Å². The largest absolute Gasteiger partial charge is 0.412 e. The zero-order chi connectivity index (χ0) is 9.00. The highest BCUT2D eigenvalue weighted by molar-refractivity contribution is 7.80. The van der Waals surface area contributed by atoms with Crippen LogP contribution in [0.2, 0.25) is 0 Å². The summed E-state index contributed by atoms with van der Waals surface area (Å²) < 4.78 is 63.2. The fraction of sp³-hybridized carbons (Fsp3) is 0. The van der Waals surface area contributed by atoms with Crippen molar-refractivity contribution in [2.24, 2.45) is 0 Å². The normalized spacial score (nSPS) is 9.67. The molecule has 0 amide bonds. The average molecular weight is 231 g/mol. The molecule has 0 fully saturated rings. The lowest BCUT2D eigenvalue weighted by atomic mass is 14.0. The van der Waals surface area contributed by atoms with Crippen LogP contribution in [0.5, 0.6) is 0 Å². The van der Waals surface area contributed by atoms with Crippen LogP contribution in [0.25, 0.3) is 0 Å². The van der Waals surface area contributed by atoms with Gasteiger partial charge in [-0.2, -0.15) is 16.8 Å². The lowest BCUT2D eigenvalue weighted by Gasteiger charge is -1.68. The Morgan fingerprint density at radius 2 is 0.667 bits per heavy atom. The van der Waals surface area contributed by atoms with Gasteiger partial charge in [-0.15, -0.1) is 0 Å². The number of hydrogen-bond donors (Lipinski definition) is 5. The molecule has 0 aliphatic heterocycles. The highest BCUT2D eigenvalue weighted by Gasteiger charge is 1.85. The molecule has 0 atom stereocenters. The van der Waals surface area contributed by atoms with Crippen LogP contribution in [-0.2, 0) is 20.8 Å². The van der Waals surface area contributed by atoms with E-state index in [1.54, 1.807) is 0 Å². The van der Waals surface area contributed by atoms with Crippen LogP contribution < -0.4 is 6.15 Å². The molecule has 0 radical (unpaired) electrons. The molecule has 12 heteroatoms. The second-order valence-corrected chi connectivity index (χ2v) is 2.69. The molecule has 80 valence electrons. The van der Waals surface area contributed by atoms with Gasteiger partial charge in [0.2, 0.25) is 0 Å². The van der Waals surface area contributed by atoms with Gasteiger partial charge in [0, 0.05) is 0 Å². The highest BCUT2D eigenvalue weighted by atomic mass is 32.3. The second-order valence-electron chi connectivity index (χ2n) is 0.896. The van der Waals surface area contributed by atoms with Crippen molar-refractivity contribution < 1.29 is 40.5 Å². The summed E-state index contributed by atoms with van der Waals surface area (Å²) in [5.41, 5.74) is 0. The van der Waals surface area contributed by atoms with E-state index in [1.165, 1.54) is 0 Å². The Hall–Kier alpha value is -0.340. The lowest BCUT2D eigenvalue weighted by Crippen LogP contribution is -1.89. The molecule has 0 aliphatic carbocycles. The maximum Gasteiger partial charge on any atom is 0.394 e. The van der Waals surface area contributed by atoms with Gasteiger partial charge < -0.3 is 11.6 Å². The topological polar surface area (TPSA) is 216 Å². The number of hydrogen-bond acceptors (Lipinski definition) is 5. The van der Waals surface area contributed by atoms with Gasteiger partial charge in [-0.05, 0) is 0 Å². The van der Waals surface area contributed by atoms with Crippen molar-refractivity contribution >= 4 is 20.8 Å². The van der Waals surface area contributed by atoms with Gasteiger partial charge >= 0.3 is 20.8 Å². The maximum absolute atomic E-state index is 8.74. The van der Waals surface area contributed by atoms with Gasteiger partial charge in [0.05, 0.1) is 0 Å². The van der Waals surface area contributed by atoms with Crippen LogP contribution >= 0.6 is 0 Å². The van der Waals surface area contributed by atoms with E-state index in [1.807, 2.05) is 0 Å². The molecule has 0 saturated heterocycles. The predicted octanol–water partition coefficient (Wildman–Crippen LogP) is -1.97. The van der Waals surface area contributed by atoms with Crippen LogP contribution in [-0.4, -0.2) is 40.5 Å². The average Bonchev–Trinajstić information content (AvgIpc) is 1.12. The summed E-state index contributed by atoms with van der Waals surface area (Å²) in [7, 11) is -9.33. The molecule has 0 aromatic rings. The molecule has 0 spiro atoms. The fourth-order valence-electron chi connectivity index (χ4n) is 0. The minimum atomic E-state index is -4.67. The third-order valence-corrected chi connectivity index (χ3v) is 0. The standard InChI is InChI=1S/H3N.2H2O4S.H2O/c;2*1-5(2,3)4;/h1H3;2*(H2,1,2,3,4);1H2. The zero-order valence-corrected chi connectivity index (χ0v) is 7.08. The third kappa shape index (κ3) is 6270. The van der Waals surface area contributed by atoms with Crippen LogP contribution in [0.1, 0.15) is 0 Å². The van der Waals surface area contributed by atoms with Gasteiger partial charge in [0.15, 0.2) is 0 Å². The van der Waals surface area contributed by atoms with E-state index in [0.717, 1.165) is 0 Å². The lowest BCUT2D eigenvalue weighted by molar-refractivity contribution is 0.378. The molecule has 0 aromatic heterocycles. The molecular formula is H9NO9S2. The first-order valence-electron chi connectivity index (χ1n) is 1.40. The first-order valence-corrected chi connectivity index (χ1v) is 4.19. The minimum absolute atomic E-state index is 0. The Kier molecular flexibility index (Phi) is 13.8. The summed E-state index contributed by atoms with van der Waals surface area (Å²) in [6, 6.07) is 0. The van der Waals surface area contributed by atoms with E-state index < -0.39 is 20.8 Å². The summed E-state index contributed by atoms with van der Waals surface area (Å²) in [5.74, 6) is 0. The quantitative estimate of drug-likeness (QED) is 0.291. The van der Waals surface area contributed by atoms with Gasteiger partial charge in [-0.25, -0.2) is 0 Å². The Morgan fingerprint density at radius 3 is 0.667 bits per heavy atom. The van der Waals surface area contributed by atoms with Gasteiger partial charge in [-0.3, -0.25) is 18.2 Å². The van der Waals surface area contributed by atoms with Crippen LogP contribution in [0.15, 0.2) is 0 Å². The molecule has 10 nitrogen and oxygen atoms in total. The Morgan fingerprint density at radius 1 is 0.667 bits per heavy atom. The van der Waals surface area contributed by atoms with Gasteiger partial charge in [0.1, 0.15) is 0 Å². The van der Waals surface area contributed by atoms with Crippen molar-refractivity contribution in [2.45, 2.75) is 0 Å². The van der Waals surface area contributed by atoms with E-state index in [9.17, 15) is 0 Å². The van der Waals surface area contributed by atoms with Crippen molar-refractivity contribution in [1.82, 2.24) is 6.15 Å². The van der Waals surface area contributed by atoms with E-state index in [2.05, 4.69) is 0 Å². The smallest absolute Gasteiger partial charge is 0.394 e. The van der Waals surface area contributed by atoms with Crippen molar-refractivity contribution in [1.29, 1.82) is 0 Å². The molecular weight excluding hydrogens is 222 g/mol. The zero-order valence-electron chi connectivity index (χ0n) is 5.45. The van der Waals surface area contributed by atoms with Crippen molar-refractivity contribution in [3.8, 4) is 0 Å². The first kappa shape index (κ1) is 22.6. The Bertz CT molecular complexity index is 209. The summed E-state index contributed by atoms with van der Waals surface area (Å²) in [6.45, 7) is 0. The summed E-state index contributed by atoms with van der Waals surface area (Å²) in [5, 5.41) is 0. The predicted molar refractivity (Wildman–Crippen MR) is 37.0 cm³/mol. The van der Waals surface area contributed by atoms with E-state index in [-0.39, 0.29) is 11.6 Å². The van der Waals surface area contributed by atoms with Crippen LogP contribution in [0.3, 0.4) is 0 Å². The van der Waals surface area contributed by atoms with Crippen molar-refractivity contribution in [3.05, 3.63) is 0 Å². The summed E-state index contributed by atoms with van der Waals surface area (Å²) >= 11 is 0. The second kappa shape index (κ2) is 7.32. The molecule has 0 bridgehead atoms. The SMILES string of the molecule is N.O.O=S(=O)(O)O.O=S(=O)(O)O. The minimum Gasteiger partial charge on any atom is -0.412 e. The van der Waals surface area contributed by atoms with Crippen molar-refractivity contribution in [3.63, 3.8) is 0 Å². The van der Waals surface area contributed by atoms with Gasteiger partial charge in [0.25, 0.3) is 0 Å². The van der Waals surface area contributed by atoms with Crippen LogP contribution in [0.4, 0.5) is 0 Å². The molecule has 0 heterocycles. The molecule has 0 unspecified atom stereocenters. The molecule has 0 aromatic carbocycles. The Balaban J connectivity index is -0.0000000457. The highest BCUT2D eigenvalue weighted by Crippen LogP contribution is 1.59. The summed E-state index contributed by atoms with van der Waals surface area (Å²) in [6.07, 6.45) is 0. The molecule has 0 rings (SSSR count). The van der Waals surface area contributed by atoms with Crippen LogP contribution in [0, 0.1) is 0 Å². The van der Waals surface area contributed by atoms with E-state index >= 15 is 0 Å². The Labute approximate surface area is 68.3 Å². The molecule has 0 aliphatic rings.